The summed E-state index contributed by atoms with van der Waals surface area (Å²) in [4.78, 5) is 25.6. The number of aryl methyl sites for hydroxylation is 3. The van der Waals surface area contributed by atoms with Crippen LogP contribution in [0.5, 0.6) is 0 Å². The summed E-state index contributed by atoms with van der Waals surface area (Å²) in [6, 6.07) is 12.5. The van der Waals surface area contributed by atoms with Gasteiger partial charge in [0.05, 0.1) is 18.1 Å². The smallest absolute Gasteiger partial charge is 0.313 e. The average molecular weight is 422 g/mol. The van der Waals surface area contributed by atoms with Gasteiger partial charge in [-0.05, 0) is 55.5 Å². The number of carbonyl (C=O) groups excluding carboxylic acids is 2. The van der Waals surface area contributed by atoms with Crippen molar-refractivity contribution in [2.45, 2.75) is 47.1 Å². The molecule has 0 spiro atoms. The lowest BCUT2D eigenvalue weighted by atomic mass is 9.89. The van der Waals surface area contributed by atoms with Crippen molar-refractivity contribution >= 4 is 17.4 Å². The number of carbonyl (C=O) groups is 2. The van der Waals surface area contributed by atoms with Crippen LogP contribution in [-0.4, -0.2) is 31.1 Å². The third-order valence-electron chi connectivity index (χ3n) is 5.62. The van der Waals surface area contributed by atoms with Crippen LogP contribution in [0.4, 0.5) is 0 Å². The quantitative estimate of drug-likeness (QED) is 0.685. The van der Waals surface area contributed by atoms with Crippen molar-refractivity contribution in [1.82, 2.24) is 5.32 Å². The van der Waals surface area contributed by atoms with Gasteiger partial charge in [-0.1, -0.05) is 55.8 Å². The summed E-state index contributed by atoms with van der Waals surface area (Å²) in [6.45, 7) is 11.6. The average Bonchev–Trinajstić information content (AvgIpc) is 2.92. The molecule has 0 saturated heterocycles. The minimum absolute atomic E-state index is 0.197. The number of nitrogens with one attached hydrogen (secondary N) is 1. The van der Waals surface area contributed by atoms with Crippen LogP contribution in [0.2, 0.25) is 0 Å². The van der Waals surface area contributed by atoms with E-state index in [0.717, 1.165) is 27.8 Å². The first-order valence-corrected chi connectivity index (χ1v) is 10.5. The van der Waals surface area contributed by atoms with Crippen LogP contribution in [-0.2, 0) is 19.1 Å². The lowest BCUT2D eigenvalue weighted by molar-refractivity contribution is -0.144. The number of hydrogen-bond acceptors (Lipinski definition) is 4. The number of esters is 1. The Morgan fingerprint density at radius 1 is 1.03 bits per heavy atom. The van der Waals surface area contributed by atoms with Crippen molar-refractivity contribution in [1.29, 1.82) is 0 Å². The van der Waals surface area contributed by atoms with Crippen molar-refractivity contribution in [2.24, 2.45) is 5.92 Å². The van der Waals surface area contributed by atoms with E-state index < -0.39 is 5.54 Å². The lowest BCUT2D eigenvalue weighted by Crippen LogP contribution is -2.46. The van der Waals surface area contributed by atoms with E-state index in [-0.39, 0.29) is 24.4 Å². The highest BCUT2D eigenvalue weighted by Crippen LogP contribution is 2.39. The van der Waals surface area contributed by atoms with Gasteiger partial charge in [0.15, 0.2) is 0 Å². The highest BCUT2D eigenvalue weighted by Gasteiger charge is 2.46. The van der Waals surface area contributed by atoms with Crippen LogP contribution in [0.3, 0.4) is 0 Å². The van der Waals surface area contributed by atoms with Crippen molar-refractivity contribution < 1.29 is 19.1 Å². The van der Waals surface area contributed by atoms with E-state index in [1.807, 2.05) is 20.8 Å². The Labute approximate surface area is 184 Å². The summed E-state index contributed by atoms with van der Waals surface area (Å²) < 4.78 is 11.1. The van der Waals surface area contributed by atoms with Crippen molar-refractivity contribution in [3.63, 3.8) is 0 Å². The summed E-state index contributed by atoms with van der Waals surface area (Å²) in [7, 11) is 1.56. The fraction of sp³-hybridized carbons (Fsp3) is 0.385. The molecule has 1 amide bonds. The number of hydrogen-bond donors (Lipinski definition) is 1. The van der Waals surface area contributed by atoms with Gasteiger partial charge < -0.3 is 14.8 Å². The Kier molecular flexibility index (Phi) is 6.37. The molecule has 31 heavy (non-hydrogen) atoms. The van der Waals surface area contributed by atoms with Gasteiger partial charge in [-0.25, -0.2) is 0 Å². The van der Waals surface area contributed by atoms with Crippen molar-refractivity contribution in [3.05, 3.63) is 64.4 Å². The molecule has 0 aromatic heterocycles. The van der Waals surface area contributed by atoms with E-state index in [1.54, 1.807) is 21.0 Å². The van der Waals surface area contributed by atoms with Gasteiger partial charge in [-0.3, -0.25) is 9.59 Å². The molecule has 5 heteroatoms. The van der Waals surface area contributed by atoms with Gasteiger partial charge in [0, 0.05) is 7.11 Å². The fourth-order valence-electron chi connectivity index (χ4n) is 4.02. The van der Waals surface area contributed by atoms with Crippen LogP contribution >= 0.6 is 0 Å². The molecule has 0 fully saturated rings. The summed E-state index contributed by atoms with van der Waals surface area (Å²) in [5.41, 5.74) is 5.57. The first-order valence-electron chi connectivity index (χ1n) is 10.5. The summed E-state index contributed by atoms with van der Waals surface area (Å²) in [5, 5.41) is 2.97. The monoisotopic (exact) mass is 421 g/mol. The van der Waals surface area contributed by atoms with E-state index >= 15 is 0 Å². The van der Waals surface area contributed by atoms with Gasteiger partial charge in [0.25, 0.3) is 5.91 Å². The molecule has 5 nitrogen and oxygen atoms in total. The second-order valence-corrected chi connectivity index (χ2v) is 8.85. The van der Waals surface area contributed by atoms with Gasteiger partial charge in [0.2, 0.25) is 0 Å². The van der Waals surface area contributed by atoms with Gasteiger partial charge >= 0.3 is 5.97 Å². The Bertz CT molecular complexity index is 1030. The molecular formula is C26H31NO4. The lowest BCUT2D eigenvalue weighted by Gasteiger charge is -2.26. The van der Waals surface area contributed by atoms with E-state index in [4.69, 9.17) is 9.47 Å². The molecule has 0 bridgehead atoms. The molecule has 3 rings (SSSR count). The third-order valence-corrected chi connectivity index (χ3v) is 5.62. The summed E-state index contributed by atoms with van der Waals surface area (Å²) >= 11 is 0. The van der Waals surface area contributed by atoms with Crippen molar-refractivity contribution in [3.8, 4) is 11.1 Å². The van der Waals surface area contributed by atoms with Crippen LogP contribution in [0.1, 0.15) is 43.0 Å². The molecule has 0 aliphatic carbocycles. The number of ether oxygens (including phenoxy) is 2. The van der Waals surface area contributed by atoms with Gasteiger partial charge in [-0.15, -0.1) is 0 Å². The summed E-state index contributed by atoms with van der Waals surface area (Å²) in [6.07, 6.45) is 0. The normalized spacial score (nSPS) is 18.5. The van der Waals surface area contributed by atoms with Crippen LogP contribution in [0.25, 0.3) is 16.7 Å². The highest BCUT2D eigenvalue weighted by molar-refractivity contribution is 6.24. The Hall–Kier alpha value is -2.92. The molecule has 164 valence electrons. The number of methoxy groups -OCH3 is 1. The maximum atomic E-state index is 13.1. The molecule has 1 unspecified atom stereocenters. The molecular weight excluding hydrogens is 390 g/mol. The zero-order valence-corrected chi connectivity index (χ0v) is 19.4. The number of benzene rings is 2. The van der Waals surface area contributed by atoms with Gasteiger partial charge in [-0.2, -0.15) is 0 Å². The zero-order chi connectivity index (χ0) is 22.9. The first kappa shape index (κ1) is 22.8. The van der Waals surface area contributed by atoms with Crippen molar-refractivity contribution in [2.75, 3.05) is 13.7 Å². The van der Waals surface area contributed by atoms with Gasteiger partial charge in [0.1, 0.15) is 11.3 Å². The molecule has 1 N–H and O–H groups in total. The largest absolute Gasteiger partial charge is 0.427 e. The second-order valence-electron chi connectivity index (χ2n) is 8.85. The Morgan fingerprint density at radius 2 is 1.61 bits per heavy atom. The molecule has 1 atom stereocenters. The molecule has 2 aromatic carbocycles. The molecule has 0 radical (unpaired) electrons. The predicted octanol–water partition coefficient (Wildman–Crippen LogP) is 4.72. The molecule has 1 heterocycles. The first-order chi connectivity index (χ1) is 14.6. The second kappa shape index (κ2) is 8.67. The van der Waals surface area contributed by atoms with Crippen LogP contribution in [0, 0.1) is 26.7 Å². The predicted molar refractivity (Wildman–Crippen MR) is 122 cm³/mol. The van der Waals surface area contributed by atoms with E-state index in [9.17, 15) is 9.59 Å². The SMILES string of the molecule is COCC1(C)NC(=O)C(c2c(C)cc(-c3ccc(C)cc3)cc2C)=C1OC(=O)C(C)C. The minimum Gasteiger partial charge on any atom is -0.427 e. The van der Waals surface area contributed by atoms with Crippen LogP contribution in [0.15, 0.2) is 42.2 Å². The molecule has 1 aliphatic rings. The number of amides is 1. The topological polar surface area (TPSA) is 64.6 Å². The Morgan fingerprint density at radius 3 is 2.13 bits per heavy atom. The minimum atomic E-state index is -0.916. The molecule has 0 saturated carbocycles. The van der Waals surface area contributed by atoms with E-state index in [0.29, 0.717) is 11.3 Å². The van der Waals surface area contributed by atoms with E-state index in [2.05, 4.69) is 48.6 Å². The fourth-order valence-corrected chi connectivity index (χ4v) is 4.02. The Balaban J connectivity index is 2.17. The molecule has 1 aliphatic heterocycles. The number of rotatable bonds is 6. The van der Waals surface area contributed by atoms with Crippen LogP contribution < -0.4 is 5.32 Å². The third kappa shape index (κ3) is 4.42. The highest BCUT2D eigenvalue weighted by atomic mass is 16.5. The van der Waals surface area contributed by atoms with E-state index in [1.165, 1.54) is 5.56 Å². The molecule has 2 aromatic rings. The standard InChI is InChI=1S/C26H31NO4/c1-15(2)25(29)31-23-22(24(28)27-26(23,6)14-30-7)21-17(4)12-20(13-18(21)5)19-10-8-16(3)9-11-19/h8-13,15H,14H2,1-7H3,(H,27,28). The maximum Gasteiger partial charge on any atom is 0.313 e. The summed E-state index contributed by atoms with van der Waals surface area (Å²) in [5.74, 6) is -0.631. The zero-order valence-electron chi connectivity index (χ0n) is 19.4. The maximum absolute atomic E-state index is 13.1.